The van der Waals surface area contributed by atoms with Gasteiger partial charge in [0.1, 0.15) is 11.4 Å². The number of aliphatic imine (C=N–C) groups is 1. The van der Waals surface area contributed by atoms with Gasteiger partial charge in [-0.15, -0.1) is 0 Å². The van der Waals surface area contributed by atoms with E-state index in [1.165, 1.54) is 0 Å². The zero-order valence-electron chi connectivity index (χ0n) is 12.4. The molecule has 1 saturated heterocycles. The molecule has 1 fully saturated rings. The lowest BCUT2D eigenvalue weighted by atomic mass is 9.85. The number of carbonyl (C=O) groups excluding carboxylic acids is 2. The van der Waals surface area contributed by atoms with Crippen molar-refractivity contribution < 1.29 is 9.59 Å². The highest BCUT2D eigenvalue weighted by Crippen LogP contribution is 2.34. The maximum atomic E-state index is 12.0. The fourth-order valence-electron chi connectivity index (χ4n) is 3.00. The van der Waals surface area contributed by atoms with Crippen LogP contribution in [0.2, 0.25) is 0 Å². The summed E-state index contributed by atoms with van der Waals surface area (Å²) in [6.07, 6.45) is 2.19. The second kappa shape index (κ2) is 5.30. The molecule has 2 aliphatic rings. The van der Waals surface area contributed by atoms with Crippen LogP contribution in [0.25, 0.3) is 0 Å². The van der Waals surface area contributed by atoms with Crippen LogP contribution < -0.4 is 5.73 Å². The number of amidine groups is 1. The van der Waals surface area contributed by atoms with Gasteiger partial charge in [-0.3, -0.25) is 0 Å². The molecule has 2 rings (SSSR count). The Morgan fingerprint density at radius 3 is 2.50 bits per heavy atom. The van der Waals surface area contributed by atoms with Gasteiger partial charge in [-0.05, 0) is 19.3 Å². The maximum absolute atomic E-state index is 12.0. The van der Waals surface area contributed by atoms with E-state index in [2.05, 4.69) is 4.99 Å². The minimum Gasteiger partial charge on any atom is -0.385 e. The third-order valence-corrected chi connectivity index (χ3v) is 4.13. The van der Waals surface area contributed by atoms with E-state index in [1.54, 1.807) is 28.8 Å². The normalized spacial score (nSPS) is 21.4. The quantitative estimate of drug-likeness (QED) is 0.809. The average molecular weight is 281 g/mol. The summed E-state index contributed by atoms with van der Waals surface area (Å²) in [6, 6.07) is -0.238. The van der Waals surface area contributed by atoms with E-state index in [4.69, 9.17) is 5.73 Å². The number of amides is 4. The highest BCUT2D eigenvalue weighted by molar-refractivity contribution is 6.06. The Morgan fingerprint density at radius 2 is 2.00 bits per heavy atom. The number of nitrogens with two attached hydrogens (primary N) is 1. The van der Waals surface area contributed by atoms with E-state index in [9.17, 15) is 9.59 Å². The van der Waals surface area contributed by atoms with Crippen molar-refractivity contribution in [2.45, 2.75) is 31.7 Å². The predicted molar refractivity (Wildman–Crippen MR) is 76.6 cm³/mol. The Balaban J connectivity index is 2.12. The number of carbonyl (C=O) groups is 2. The molecule has 4 amide bonds. The molecule has 0 atom stereocenters. The van der Waals surface area contributed by atoms with Crippen LogP contribution in [0.1, 0.15) is 26.2 Å². The molecule has 2 aliphatic heterocycles. The molecule has 7 nitrogen and oxygen atoms in total. The van der Waals surface area contributed by atoms with Crippen molar-refractivity contribution in [3.05, 3.63) is 0 Å². The summed E-state index contributed by atoms with van der Waals surface area (Å²) in [5.74, 6) is 0.410. The Morgan fingerprint density at radius 1 is 1.40 bits per heavy atom. The van der Waals surface area contributed by atoms with Crippen molar-refractivity contribution in [1.82, 2.24) is 14.7 Å². The van der Waals surface area contributed by atoms with Crippen LogP contribution >= 0.6 is 0 Å². The second-order valence-corrected chi connectivity index (χ2v) is 5.63. The largest absolute Gasteiger partial charge is 0.385 e. The summed E-state index contributed by atoms with van der Waals surface area (Å²) in [7, 11) is 3.48. The molecular weight excluding hydrogens is 258 g/mol. The van der Waals surface area contributed by atoms with Crippen LogP contribution in [-0.4, -0.2) is 71.9 Å². The summed E-state index contributed by atoms with van der Waals surface area (Å²) in [4.78, 5) is 33.0. The molecule has 2 N–H and O–H groups in total. The third-order valence-electron chi connectivity index (χ3n) is 4.13. The van der Waals surface area contributed by atoms with Gasteiger partial charge in [0.15, 0.2) is 0 Å². The average Bonchev–Trinajstić information content (AvgIpc) is 2.64. The lowest BCUT2D eigenvalue weighted by Crippen LogP contribution is -2.61. The first-order valence-corrected chi connectivity index (χ1v) is 7.05. The lowest BCUT2D eigenvalue weighted by Gasteiger charge is -2.44. The molecular formula is C13H23N5O2. The van der Waals surface area contributed by atoms with Gasteiger partial charge in [0.05, 0.1) is 0 Å². The van der Waals surface area contributed by atoms with E-state index in [1.807, 2.05) is 6.92 Å². The van der Waals surface area contributed by atoms with Gasteiger partial charge in [-0.1, -0.05) is 6.92 Å². The molecule has 0 aromatic rings. The Bertz CT molecular complexity index is 438. The minimum absolute atomic E-state index is 0.00160. The van der Waals surface area contributed by atoms with Crippen LogP contribution in [0, 0.1) is 0 Å². The van der Waals surface area contributed by atoms with Gasteiger partial charge in [-0.2, -0.15) is 4.99 Å². The second-order valence-electron chi connectivity index (χ2n) is 5.63. The third kappa shape index (κ3) is 2.21. The number of hydrogen-bond acceptors (Lipinski definition) is 3. The maximum Gasteiger partial charge on any atom is 0.346 e. The molecule has 0 radical (unpaired) electrons. The van der Waals surface area contributed by atoms with Crippen LogP contribution in [0.5, 0.6) is 0 Å². The summed E-state index contributed by atoms with van der Waals surface area (Å²) in [5, 5.41) is 0. The summed E-state index contributed by atoms with van der Waals surface area (Å²) >= 11 is 0. The van der Waals surface area contributed by atoms with E-state index in [0.717, 1.165) is 6.42 Å². The minimum atomic E-state index is -0.476. The first-order valence-electron chi connectivity index (χ1n) is 7.05. The van der Waals surface area contributed by atoms with E-state index < -0.39 is 5.54 Å². The SMILES string of the molecule is CCCN1C(=O)N=C(N)C12CCN(C(=O)N(C)C)CC2. The number of piperidine rings is 1. The van der Waals surface area contributed by atoms with E-state index in [-0.39, 0.29) is 12.1 Å². The summed E-state index contributed by atoms with van der Waals surface area (Å²) in [5.41, 5.74) is 5.53. The first kappa shape index (κ1) is 14.6. The van der Waals surface area contributed by atoms with Crippen LogP contribution in [0.15, 0.2) is 4.99 Å². The smallest absolute Gasteiger partial charge is 0.346 e. The molecule has 1 spiro atoms. The molecule has 0 saturated carbocycles. The fraction of sp³-hybridized carbons (Fsp3) is 0.769. The zero-order valence-corrected chi connectivity index (χ0v) is 12.4. The van der Waals surface area contributed by atoms with Crippen molar-refractivity contribution in [3.8, 4) is 0 Å². The van der Waals surface area contributed by atoms with Gasteiger partial charge >= 0.3 is 12.1 Å². The van der Waals surface area contributed by atoms with Gasteiger partial charge in [-0.25, -0.2) is 9.59 Å². The molecule has 7 heteroatoms. The standard InChI is InChI=1S/C13H23N5O2/c1-4-7-18-11(19)15-10(14)13(18)5-8-17(9-6-13)12(20)16(2)3/h4-9H2,1-3H3,(H2,14,15,19). The first-order chi connectivity index (χ1) is 9.42. The lowest BCUT2D eigenvalue weighted by molar-refractivity contribution is 0.101. The molecule has 112 valence electrons. The number of likely N-dealkylation sites (tertiary alicyclic amines) is 1. The van der Waals surface area contributed by atoms with Crippen molar-refractivity contribution in [1.29, 1.82) is 0 Å². The van der Waals surface area contributed by atoms with Gasteiger partial charge < -0.3 is 20.4 Å². The van der Waals surface area contributed by atoms with Crippen LogP contribution in [0.3, 0.4) is 0 Å². The van der Waals surface area contributed by atoms with Crippen molar-refractivity contribution in [2.75, 3.05) is 33.7 Å². The van der Waals surface area contributed by atoms with Gasteiger partial charge in [0.25, 0.3) is 0 Å². The van der Waals surface area contributed by atoms with Crippen LogP contribution in [-0.2, 0) is 0 Å². The summed E-state index contributed by atoms with van der Waals surface area (Å²) < 4.78 is 0. The number of rotatable bonds is 2. The van der Waals surface area contributed by atoms with Crippen molar-refractivity contribution in [3.63, 3.8) is 0 Å². The molecule has 0 bridgehead atoms. The topological polar surface area (TPSA) is 82.2 Å². The van der Waals surface area contributed by atoms with Crippen molar-refractivity contribution >= 4 is 17.9 Å². The fourth-order valence-corrected chi connectivity index (χ4v) is 3.00. The van der Waals surface area contributed by atoms with E-state index >= 15 is 0 Å². The molecule has 0 aliphatic carbocycles. The Kier molecular flexibility index (Phi) is 3.87. The zero-order chi connectivity index (χ0) is 14.9. The summed E-state index contributed by atoms with van der Waals surface area (Å²) in [6.45, 7) is 3.88. The Labute approximate surface area is 119 Å². The van der Waals surface area contributed by atoms with Gasteiger partial charge in [0, 0.05) is 33.7 Å². The number of nitrogens with zero attached hydrogens (tertiary/aromatic N) is 4. The molecule has 0 aromatic carbocycles. The highest BCUT2D eigenvalue weighted by atomic mass is 16.2. The molecule has 2 heterocycles. The molecule has 0 aromatic heterocycles. The van der Waals surface area contributed by atoms with Gasteiger partial charge in [0.2, 0.25) is 0 Å². The van der Waals surface area contributed by atoms with E-state index in [0.29, 0.717) is 38.3 Å². The monoisotopic (exact) mass is 281 g/mol. The predicted octanol–water partition coefficient (Wildman–Crippen LogP) is 0.705. The highest BCUT2D eigenvalue weighted by Gasteiger charge is 2.50. The molecule has 20 heavy (non-hydrogen) atoms. The van der Waals surface area contributed by atoms with Crippen molar-refractivity contribution in [2.24, 2.45) is 10.7 Å². The number of hydrogen-bond donors (Lipinski definition) is 1. The Hall–Kier alpha value is -1.79. The molecule has 0 unspecified atom stereocenters. The number of urea groups is 2. The van der Waals surface area contributed by atoms with Crippen LogP contribution in [0.4, 0.5) is 9.59 Å².